The van der Waals surface area contributed by atoms with Crippen LogP contribution in [0.4, 0.5) is 15.9 Å². The highest BCUT2D eigenvalue weighted by atomic mass is 32.2. The van der Waals surface area contributed by atoms with Crippen LogP contribution in [0.25, 0.3) is 0 Å². The molecule has 0 spiro atoms. The molecule has 1 aliphatic rings. The van der Waals surface area contributed by atoms with Crippen molar-refractivity contribution in [2.24, 2.45) is 0 Å². The SMILES string of the molecule is CCCS(=O)(=O)N(Cc1ccc(F)cc1)c1ccc(N2CCN(S(=O)(=O)N(C)C)CC2)nc1. The summed E-state index contributed by atoms with van der Waals surface area (Å²) in [4.78, 5) is 6.42. The standard InChI is InChI=1S/C21H30FN5O4S2/c1-4-15-32(28,29)27(17-18-5-7-19(22)8-6-18)20-9-10-21(23-16-20)25-11-13-26(14-12-25)33(30,31)24(2)3/h5-10,16H,4,11-15,17H2,1-3H3. The number of anilines is 2. The van der Waals surface area contributed by atoms with Crippen LogP contribution in [0.5, 0.6) is 0 Å². The molecule has 0 bridgehead atoms. The number of piperazine rings is 1. The lowest BCUT2D eigenvalue weighted by atomic mass is 10.2. The van der Waals surface area contributed by atoms with Crippen molar-refractivity contribution < 1.29 is 21.2 Å². The lowest BCUT2D eigenvalue weighted by molar-refractivity contribution is 0.355. The Kier molecular flexibility index (Phi) is 7.93. The number of hydrogen-bond acceptors (Lipinski definition) is 6. The van der Waals surface area contributed by atoms with Gasteiger partial charge in [-0.05, 0) is 36.2 Å². The average Bonchev–Trinajstić information content (AvgIpc) is 2.78. The normalized spacial score (nSPS) is 15.7. The summed E-state index contributed by atoms with van der Waals surface area (Å²) in [5.41, 5.74) is 1.09. The van der Waals surface area contributed by atoms with Gasteiger partial charge in [-0.15, -0.1) is 0 Å². The molecule has 182 valence electrons. The molecule has 0 aliphatic carbocycles. The minimum atomic E-state index is -3.60. The van der Waals surface area contributed by atoms with E-state index in [1.54, 1.807) is 31.2 Å². The molecule has 0 N–H and O–H groups in total. The zero-order valence-electron chi connectivity index (χ0n) is 19.1. The van der Waals surface area contributed by atoms with E-state index < -0.39 is 20.2 Å². The third-order valence-corrected chi connectivity index (χ3v) is 9.28. The molecule has 9 nitrogen and oxygen atoms in total. The van der Waals surface area contributed by atoms with Gasteiger partial charge in [0.2, 0.25) is 10.0 Å². The van der Waals surface area contributed by atoms with Crippen molar-refractivity contribution in [3.05, 3.63) is 54.0 Å². The maximum atomic E-state index is 13.3. The van der Waals surface area contributed by atoms with Crippen molar-refractivity contribution in [2.75, 3.05) is 55.2 Å². The maximum Gasteiger partial charge on any atom is 0.281 e. The first-order valence-electron chi connectivity index (χ1n) is 10.7. The van der Waals surface area contributed by atoms with Crippen LogP contribution in [0.2, 0.25) is 0 Å². The second-order valence-electron chi connectivity index (χ2n) is 8.00. The largest absolute Gasteiger partial charge is 0.354 e. The molecule has 1 saturated heterocycles. The monoisotopic (exact) mass is 499 g/mol. The summed E-state index contributed by atoms with van der Waals surface area (Å²) in [7, 11) is -4.04. The number of hydrogen-bond donors (Lipinski definition) is 0. The highest BCUT2D eigenvalue weighted by Crippen LogP contribution is 2.24. The van der Waals surface area contributed by atoms with E-state index in [4.69, 9.17) is 0 Å². The lowest BCUT2D eigenvalue weighted by Gasteiger charge is -2.35. The molecule has 1 aromatic heterocycles. The fraction of sp³-hybridized carbons (Fsp3) is 0.476. The molecule has 2 heterocycles. The smallest absolute Gasteiger partial charge is 0.281 e. The molecule has 0 radical (unpaired) electrons. The summed E-state index contributed by atoms with van der Waals surface area (Å²) in [5.74, 6) is 0.250. The number of halogens is 1. The first kappa shape index (κ1) is 25.3. The van der Waals surface area contributed by atoms with E-state index in [1.165, 1.54) is 45.3 Å². The number of rotatable bonds is 9. The van der Waals surface area contributed by atoms with Gasteiger partial charge in [0.25, 0.3) is 10.2 Å². The van der Waals surface area contributed by atoms with Crippen molar-refractivity contribution in [3.8, 4) is 0 Å². The number of pyridine rings is 1. The van der Waals surface area contributed by atoms with Gasteiger partial charge in [-0.1, -0.05) is 19.1 Å². The molecule has 1 aromatic carbocycles. The molecule has 1 fully saturated rings. The summed E-state index contributed by atoms with van der Waals surface area (Å²) in [5, 5.41) is 0. The van der Waals surface area contributed by atoms with Crippen molar-refractivity contribution >= 4 is 31.7 Å². The Morgan fingerprint density at radius 3 is 2.12 bits per heavy atom. The minimum absolute atomic E-state index is 0.0156. The molecular weight excluding hydrogens is 469 g/mol. The highest BCUT2D eigenvalue weighted by Gasteiger charge is 2.29. The summed E-state index contributed by atoms with van der Waals surface area (Å²) >= 11 is 0. The molecular formula is C21H30FN5O4S2. The van der Waals surface area contributed by atoms with E-state index in [-0.39, 0.29) is 18.1 Å². The van der Waals surface area contributed by atoms with Gasteiger partial charge < -0.3 is 4.90 Å². The maximum absolute atomic E-state index is 13.3. The summed E-state index contributed by atoms with van der Waals surface area (Å²) in [6, 6.07) is 9.17. The predicted octanol–water partition coefficient (Wildman–Crippen LogP) is 1.90. The molecule has 0 atom stereocenters. The third-order valence-electron chi connectivity index (χ3n) is 5.41. The van der Waals surface area contributed by atoms with E-state index in [0.717, 1.165) is 0 Å². The molecule has 3 rings (SSSR count). The van der Waals surface area contributed by atoms with Crippen LogP contribution in [0, 0.1) is 5.82 Å². The number of nitrogens with zero attached hydrogens (tertiary/aromatic N) is 5. The number of sulfonamides is 1. The molecule has 0 saturated carbocycles. The minimum Gasteiger partial charge on any atom is -0.354 e. The Hall–Kier alpha value is -2.28. The molecule has 12 heteroatoms. The Morgan fingerprint density at radius 2 is 1.61 bits per heavy atom. The van der Waals surface area contributed by atoms with Gasteiger partial charge >= 0.3 is 0 Å². The van der Waals surface area contributed by atoms with Gasteiger partial charge in [0.1, 0.15) is 11.6 Å². The van der Waals surface area contributed by atoms with Crippen LogP contribution < -0.4 is 9.21 Å². The van der Waals surface area contributed by atoms with E-state index in [0.29, 0.717) is 49.7 Å². The van der Waals surface area contributed by atoms with Crippen molar-refractivity contribution in [1.29, 1.82) is 0 Å². The quantitative estimate of drug-likeness (QED) is 0.523. The van der Waals surface area contributed by atoms with Gasteiger partial charge in [0.05, 0.1) is 24.2 Å². The predicted molar refractivity (Wildman–Crippen MR) is 127 cm³/mol. The summed E-state index contributed by atoms with van der Waals surface area (Å²) < 4.78 is 67.6. The highest BCUT2D eigenvalue weighted by molar-refractivity contribution is 7.92. The molecule has 0 unspecified atom stereocenters. The fourth-order valence-electron chi connectivity index (χ4n) is 3.57. The van der Waals surface area contributed by atoms with Crippen LogP contribution in [0.1, 0.15) is 18.9 Å². The van der Waals surface area contributed by atoms with Gasteiger partial charge in [-0.25, -0.2) is 17.8 Å². The van der Waals surface area contributed by atoms with Crippen molar-refractivity contribution in [3.63, 3.8) is 0 Å². The van der Waals surface area contributed by atoms with Crippen molar-refractivity contribution in [2.45, 2.75) is 19.9 Å². The molecule has 33 heavy (non-hydrogen) atoms. The number of aromatic nitrogens is 1. The van der Waals surface area contributed by atoms with Crippen LogP contribution >= 0.6 is 0 Å². The third kappa shape index (κ3) is 5.99. The van der Waals surface area contributed by atoms with E-state index in [2.05, 4.69) is 4.98 Å². The second-order valence-corrected chi connectivity index (χ2v) is 12.2. The average molecular weight is 500 g/mol. The Balaban J connectivity index is 1.77. The molecule has 1 aliphatic heterocycles. The van der Waals surface area contributed by atoms with Gasteiger partial charge in [0, 0.05) is 40.3 Å². The fourth-order valence-corrected chi connectivity index (χ4v) is 6.16. The van der Waals surface area contributed by atoms with Crippen LogP contribution in [0.3, 0.4) is 0 Å². The first-order valence-corrected chi connectivity index (χ1v) is 13.7. The number of benzene rings is 1. The zero-order chi connectivity index (χ0) is 24.2. The van der Waals surface area contributed by atoms with E-state index in [9.17, 15) is 21.2 Å². The van der Waals surface area contributed by atoms with Gasteiger partial charge in [-0.2, -0.15) is 17.0 Å². The topological polar surface area (TPSA) is 94.1 Å². The van der Waals surface area contributed by atoms with Crippen LogP contribution in [-0.4, -0.2) is 76.5 Å². The van der Waals surface area contributed by atoms with E-state index in [1.807, 2.05) is 4.90 Å². The molecule has 2 aromatic rings. The Labute approximate surface area is 195 Å². The Morgan fingerprint density at radius 1 is 0.970 bits per heavy atom. The van der Waals surface area contributed by atoms with Crippen LogP contribution in [0.15, 0.2) is 42.6 Å². The van der Waals surface area contributed by atoms with Crippen molar-refractivity contribution in [1.82, 2.24) is 13.6 Å². The first-order chi connectivity index (χ1) is 15.5. The summed E-state index contributed by atoms with van der Waals surface area (Å²) in [6.45, 7) is 3.51. The van der Waals surface area contributed by atoms with Gasteiger partial charge in [-0.3, -0.25) is 4.31 Å². The van der Waals surface area contributed by atoms with Crippen LogP contribution in [-0.2, 0) is 26.8 Å². The second kappa shape index (κ2) is 10.3. The molecule has 0 amide bonds. The Bertz CT molecular complexity index is 1130. The van der Waals surface area contributed by atoms with E-state index >= 15 is 0 Å². The lowest BCUT2D eigenvalue weighted by Crippen LogP contribution is -2.51. The van der Waals surface area contributed by atoms with Gasteiger partial charge in [0.15, 0.2) is 0 Å². The zero-order valence-corrected chi connectivity index (χ0v) is 20.7. The summed E-state index contributed by atoms with van der Waals surface area (Å²) in [6.07, 6.45) is 1.98.